The molecule has 2 heterocycles. The summed E-state index contributed by atoms with van der Waals surface area (Å²) in [4.78, 5) is 27.8. The van der Waals surface area contributed by atoms with E-state index in [1.165, 1.54) is 12.1 Å². The van der Waals surface area contributed by atoms with Crippen LogP contribution >= 0.6 is 23.2 Å². The number of β-amino-alcohol motifs (C(OH)–C–C–N with tert-alkyl or cyclic N) is 1. The number of halogens is 2. The maximum atomic E-state index is 12.4. The molecule has 1 atom stereocenters. The van der Waals surface area contributed by atoms with E-state index in [-0.39, 0.29) is 27.7 Å². The summed E-state index contributed by atoms with van der Waals surface area (Å²) in [7, 11) is 0. The summed E-state index contributed by atoms with van der Waals surface area (Å²) in [5, 5.41) is 10.7. The third kappa shape index (κ3) is 3.36. The maximum absolute atomic E-state index is 12.4. The molecule has 3 rings (SSSR count). The average molecular weight is 359 g/mol. The molecule has 2 aliphatic heterocycles. The molecule has 0 unspecified atom stereocenters. The Morgan fingerprint density at radius 1 is 1.04 bits per heavy atom. The molecule has 6 nitrogen and oxygen atoms in total. The molecule has 0 saturated carbocycles. The Morgan fingerprint density at radius 2 is 1.57 bits per heavy atom. The smallest absolute Gasteiger partial charge is 0.261 e. The fourth-order valence-electron chi connectivity index (χ4n) is 2.80. The van der Waals surface area contributed by atoms with E-state index in [1.54, 1.807) is 0 Å². The van der Waals surface area contributed by atoms with Gasteiger partial charge in [-0.25, -0.2) is 0 Å². The number of rotatable bonds is 4. The van der Waals surface area contributed by atoms with Gasteiger partial charge < -0.3 is 9.84 Å². The van der Waals surface area contributed by atoms with Crippen LogP contribution in [0.25, 0.3) is 0 Å². The summed E-state index contributed by atoms with van der Waals surface area (Å²) < 4.78 is 5.25. The van der Waals surface area contributed by atoms with Crippen LogP contribution in [0.2, 0.25) is 10.0 Å². The number of benzene rings is 1. The van der Waals surface area contributed by atoms with E-state index >= 15 is 0 Å². The highest BCUT2D eigenvalue weighted by molar-refractivity contribution is 6.43. The number of amides is 2. The van der Waals surface area contributed by atoms with Crippen molar-refractivity contribution in [3.63, 3.8) is 0 Å². The van der Waals surface area contributed by atoms with Crippen LogP contribution < -0.4 is 0 Å². The van der Waals surface area contributed by atoms with E-state index in [1.807, 2.05) is 4.90 Å². The molecular weight excluding hydrogens is 343 g/mol. The highest BCUT2D eigenvalue weighted by Gasteiger charge is 2.37. The number of fused-ring (bicyclic) bond motifs is 1. The second-order valence-corrected chi connectivity index (χ2v) is 6.41. The number of morpholine rings is 1. The summed E-state index contributed by atoms with van der Waals surface area (Å²) in [6.45, 7) is 3.03. The van der Waals surface area contributed by atoms with Gasteiger partial charge in [0, 0.05) is 19.6 Å². The number of nitrogens with zero attached hydrogens (tertiary/aromatic N) is 2. The van der Waals surface area contributed by atoms with Crippen LogP contribution in [0.1, 0.15) is 20.7 Å². The predicted octanol–water partition coefficient (Wildman–Crippen LogP) is 1.28. The first-order chi connectivity index (χ1) is 11.0. The number of carbonyl (C=O) groups is 2. The lowest BCUT2D eigenvalue weighted by atomic mass is 10.1. The van der Waals surface area contributed by atoms with Gasteiger partial charge in [-0.2, -0.15) is 0 Å². The summed E-state index contributed by atoms with van der Waals surface area (Å²) in [6, 6.07) is 2.79. The van der Waals surface area contributed by atoms with Crippen molar-refractivity contribution in [1.82, 2.24) is 9.80 Å². The van der Waals surface area contributed by atoms with Gasteiger partial charge in [-0.15, -0.1) is 0 Å². The largest absolute Gasteiger partial charge is 0.390 e. The molecule has 1 fully saturated rings. The Morgan fingerprint density at radius 3 is 2.09 bits per heavy atom. The first-order valence-corrected chi connectivity index (χ1v) is 8.06. The van der Waals surface area contributed by atoms with Gasteiger partial charge >= 0.3 is 0 Å². The highest BCUT2D eigenvalue weighted by atomic mass is 35.5. The number of aliphatic hydroxyl groups is 1. The van der Waals surface area contributed by atoms with E-state index < -0.39 is 17.9 Å². The third-order valence-corrected chi connectivity index (χ3v) is 4.70. The molecule has 1 aromatic rings. The average Bonchev–Trinajstić information content (AvgIpc) is 2.74. The van der Waals surface area contributed by atoms with Gasteiger partial charge in [-0.1, -0.05) is 23.2 Å². The van der Waals surface area contributed by atoms with Gasteiger partial charge in [0.1, 0.15) is 0 Å². The van der Waals surface area contributed by atoms with E-state index in [9.17, 15) is 14.7 Å². The number of carbonyl (C=O) groups excluding carboxylic acids is 2. The van der Waals surface area contributed by atoms with Crippen LogP contribution in [-0.4, -0.2) is 72.2 Å². The summed E-state index contributed by atoms with van der Waals surface area (Å²) >= 11 is 11.8. The molecule has 8 heteroatoms. The molecule has 0 radical (unpaired) electrons. The van der Waals surface area contributed by atoms with E-state index in [0.29, 0.717) is 19.8 Å². The first kappa shape index (κ1) is 16.7. The zero-order valence-corrected chi connectivity index (χ0v) is 13.8. The van der Waals surface area contributed by atoms with Crippen molar-refractivity contribution in [2.45, 2.75) is 6.10 Å². The van der Waals surface area contributed by atoms with Gasteiger partial charge in [0.25, 0.3) is 11.8 Å². The Bertz CT molecular complexity index is 606. The number of ether oxygens (including phenoxy) is 1. The van der Waals surface area contributed by atoms with E-state index in [4.69, 9.17) is 27.9 Å². The van der Waals surface area contributed by atoms with Crippen molar-refractivity contribution < 1.29 is 19.4 Å². The molecule has 2 amide bonds. The van der Waals surface area contributed by atoms with Gasteiger partial charge in [-0.3, -0.25) is 19.4 Å². The minimum Gasteiger partial charge on any atom is -0.390 e. The second-order valence-electron chi connectivity index (χ2n) is 5.60. The van der Waals surface area contributed by atoms with Gasteiger partial charge in [0.15, 0.2) is 0 Å². The molecule has 0 aromatic heterocycles. The quantitative estimate of drug-likeness (QED) is 0.821. The summed E-state index contributed by atoms with van der Waals surface area (Å²) in [5.41, 5.74) is 0.450. The summed E-state index contributed by atoms with van der Waals surface area (Å²) in [5.74, 6) is -0.908. The number of hydrogen-bond donors (Lipinski definition) is 1. The van der Waals surface area contributed by atoms with Crippen LogP contribution in [0.5, 0.6) is 0 Å². The Hall–Kier alpha value is -1.18. The highest BCUT2D eigenvalue weighted by Crippen LogP contribution is 2.31. The van der Waals surface area contributed by atoms with Crippen molar-refractivity contribution in [1.29, 1.82) is 0 Å². The topological polar surface area (TPSA) is 70.1 Å². The van der Waals surface area contributed by atoms with E-state index in [0.717, 1.165) is 18.0 Å². The minimum absolute atomic E-state index is 0.0566. The molecule has 1 aromatic carbocycles. The first-order valence-electron chi connectivity index (χ1n) is 7.31. The fraction of sp³-hybridized carbons (Fsp3) is 0.467. The number of aliphatic hydroxyl groups excluding tert-OH is 1. The second kappa shape index (κ2) is 6.75. The molecule has 124 valence electrons. The lowest BCUT2D eigenvalue weighted by Crippen LogP contribution is -2.45. The number of hydrogen-bond acceptors (Lipinski definition) is 5. The molecule has 0 bridgehead atoms. The van der Waals surface area contributed by atoms with Gasteiger partial charge in [0.2, 0.25) is 0 Å². The number of imide groups is 1. The lowest BCUT2D eigenvalue weighted by molar-refractivity contribution is 0.00800. The molecule has 2 aliphatic rings. The SMILES string of the molecule is O=C1c2cc(Cl)c(Cl)cc2C(=O)N1C[C@H](O)CN1CCOCC1. The maximum Gasteiger partial charge on any atom is 0.261 e. The van der Waals surface area contributed by atoms with Crippen molar-refractivity contribution in [3.05, 3.63) is 33.3 Å². The van der Waals surface area contributed by atoms with Crippen molar-refractivity contribution in [3.8, 4) is 0 Å². The Kier molecular flexibility index (Phi) is 4.89. The van der Waals surface area contributed by atoms with Crippen LogP contribution in [0.3, 0.4) is 0 Å². The van der Waals surface area contributed by atoms with Crippen LogP contribution in [-0.2, 0) is 4.74 Å². The fourth-order valence-corrected chi connectivity index (χ4v) is 3.13. The van der Waals surface area contributed by atoms with Crippen molar-refractivity contribution in [2.75, 3.05) is 39.4 Å². The van der Waals surface area contributed by atoms with Crippen LogP contribution in [0, 0.1) is 0 Å². The lowest BCUT2D eigenvalue weighted by Gasteiger charge is -2.29. The zero-order chi connectivity index (χ0) is 16.6. The third-order valence-electron chi connectivity index (χ3n) is 3.98. The Labute approximate surface area is 143 Å². The van der Waals surface area contributed by atoms with Crippen LogP contribution in [0.4, 0.5) is 0 Å². The molecule has 1 N–H and O–H groups in total. The van der Waals surface area contributed by atoms with Crippen molar-refractivity contribution in [2.24, 2.45) is 0 Å². The zero-order valence-electron chi connectivity index (χ0n) is 12.3. The minimum atomic E-state index is -0.818. The normalized spacial score (nSPS) is 20.0. The van der Waals surface area contributed by atoms with E-state index in [2.05, 4.69) is 0 Å². The Balaban J connectivity index is 1.69. The molecular formula is C15H16Cl2N2O4. The van der Waals surface area contributed by atoms with Gasteiger partial charge in [-0.05, 0) is 12.1 Å². The summed E-state index contributed by atoms with van der Waals surface area (Å²) in [6.07, 6.45) is -0.818. The van der Waals surface area contributed by atoms with Crippen molar-refractivity contribution >= 4 is 35.0 Å². The monoisotopic (exact) mass is 358 g/mol. The van der Waals surface area contributed by atoms with Crippen LogP contribution in [0.15, 0.2) is 12.1 Å². The standard InChI is InChI=1S/C15H16Cl2N2O4/c16-12-5-10-11(6-13(12)17)15(22)19(14(10)21)8-9(20)7-18-1-3-23-4-2-18/h5-6,9,20H,1-4,7-8H2/t9-/m1/s1. The molecule has 23 heavy (non-hydrogen) atoms. The molecule has 1 saturated heterocycles. The molecule has 0 spiro atoms. The molecule has 0 aliphatic carbocycles. The predicted molar refractivity (Wildman–Crippen MR) is 85.1 cm³/mol. The van der Waals surface area contributed by atoms with Gasteiger partial charge in [0.05, 0.1) is 47.0 Å².